The number of carbonyl (C=O) groups is 1. The molecule has 31 heavy (non-hydrogen) atoms. The fourth-order valence-electron chi connectivity index (χ4n) is 4.83. The van der Waals surface area contributed by atoms with Gasteiger partial charge in [-0.3, -0.25) is 9.69 Å². The van der Waals surface area contributed by atoms with Gasteiger partial charge in [-0.15, -0.1) is 0 Å². The summed E-state index contributed by atoms with van der Waals surface area (Å²) in [5.74, 6) is 2.39. The number of rotatable bonds is 3. The Morgan fingerprint density at radius 3 is 2.71 bits per heavy atom. The molecule has 0 aliphatic carbocycles. The average Bonchev–Trinajstić information content (AvgIpc) is 3.24. The second-order valence-corrected chi connectivity index (χ2v) is 9.77. The molecule has 0 spiro atoms. The summed E-state index contributed by atoms with van der Waals surface area (Å²) in [6.45, 7) is 7.01. The van der Waals surface area contributed by atoms with Crippen LogP contribution in [0.1, 0.15) is 41.9 Å². The Hall–Kier alpha value is -2.57. The SMILES string of the molecule is C[C@H]1C[C@H](C)CN(Cc2c(O)ccc3c2O/C(=C\c2cc4cc(Br)ccc4o2)C3=O)C1. The van der Waals surface area contributed by atoms with Crippen molar-refractivity contribution >= 4 is 38.8 Å². The molecule has 1 N–H and O–H groups in total. The quantitative estimate of drug-likeness (QED) is 0.465. The van der Waals surface area contributed by atoms with E-state index in [1.165, 1.54) is 6.42 Å². The van der Waals surface area contributed by atoms with Gasteiger partial charge in [-0.1, -0.05) is 29.8 Å². The van der Waals surface area contributed by atoms with Gasteiger partial charge < -0.3 is 14.3 Å². The van der Waals surface area contributed by atoms with E-state index in [2.05, 4.69) is 34.7 Å². The zero-order valence-electron chi connectivity index (χ0n) is 17.5. The summed E-state index contributed by atoms with van der Waals surface area (Å²) in [5, 5.41) is 11.5. The lowest BCUT2D eigenvalue weighted by Gasteiger charge is -2.35. The maximum absolute atomic E-state index is 13.0. The molecule has 2 aromatic carbocycles. The van der Waals surface area contributed by atoms with E-state index in [0.29, 0.717) is 41.0 Å². The Morgan fingerprint density at radius 1 is 1.16 bits per heavy atom. The first kappa shape index (κ1) is 20.3. The molecule has 0 unspecified atom stereocenters. The third-order valence-electron chi connectivity index (χ3n) is 6.01. The zero-order chi connectivity index (χ0) is 21.7. The first-order valence-corrected chi connectivity index (χ1v) is 11.4. The van der Waals surface area contributed by atoms with Crippen LogP contribution in [0.4, 0.5) is 0 Å². The van der Waals surface area contributed by atoms with Gasteiger partial charge in [0.15, 0.2) is 5.76 Å². The smallest absolute Gasteiger partial charge is 0.232 e. The van der Waals surface area contributed by atoms with Crippen molar-refractivity contribution in [3.05, 3.63) is 63.5 Å². The summed E-state index contributed by atoms with van der Waals surface area (Å²) in [5.41, 5.74) is 1.89. The molecule has 0 bridgehead atoms. The number of piperidine rings is 1. The number of phenolic OH excluding ortho intramolecular Hbond substituents is 1. The number of hydrogen-bond acceptors (Lipinski definition) is 5. The minimum Gasteiger partial charge on any atom is -0.507 e. The van der Waals surface area contributed by atoms with E-state index < -0.39 is 0 Å². The molecule has 0 amide bonds. The number of furan rings is 1. The minimum absolute atomic E-state index is 0.160. The first-order chi connectivity index (χ1) is 14.9. The molecule has 2 aliphatic heterocycles. The minimum atomic E-state index is -0.196. The molecule has 0 radical (unpaired) electrons. The van der Waals surface area contributed by atoms with Crippen LogP contribution in [0.25, 0.3) is 17.0 Å². The summed E-state index contributed by atoms with van der Waals surface area (Å²) in [6.07, 6.45) is 2.84. The maximum atomic E-state index is 13.0. The van der Waals surface area contributed by atoms with Gasteiger partial charge in [0.05, 0.1) is 11.1 Å². The second kappa shape index (κ2) is 7.84. The number of halogens is 1. The van der Waals surface area contributed by atoms with E-state index >= 15 is 0 Å². The molecule has 2 aliphatic rings. The number of fused-ring (bicyclic) bond motifs is 2. The van der Waals surface area contributed by atoms with E-state index in [1.807, 2.05) is 24.3 Å². The number of hydrogen-bond donors (Lipinski definition) is 1. The van der Waals surface area contributed by atoms with Gasteiger partial charge in [0, 0.05) is 35.6 Å². The number of benzene rings is 2. The van der Waals surface area contributed by atoms with Crippen molar-refractivity contribution in [2.75, 3.05) is 13.1 Å². The largest absolute Gasteiger partial charge is 0.507 e. The number of likely N-dealkylation sites (tertiary alicyclic amines) is 1. The lowest BCUT2D eigenvalue weighted by atomic mass is 9.91. The molecule has 5 nitrogen and oxygen atoms in total. The predicted octanol–water partition coefficient (Wildman–Crippen LogP) is 6.00. The molecule has 1 saturated heterocycles. The predicted molar refractivity (Wildman–Crippen MR) is 123 cm³/mol. The highest BCUT2D eigenvalue weighted by Crippen LogP contribution is 2.41. The normalized spacial score (nSPS) is 22.8. The highest BCUT2D eigenvalue weighted by atomic mass is 79.9. The Bertz CT molecular complexity index is 1200. The topological polar surface area (TPSA) is 62.9 Å². The van der Waals surface area contributed by atoms with Crippen molar-refractivity contribution in [2.45, 2.75) is 26.8 Å². The van der Waals surface area contributed by atoms with Gasteiger partial charge in [-0.05, 0) is 54.7 Å². The van der Waals surface area contributed by atoms with Crippen LogP contribution in [-0.2, 0) is 6.54 Å². The zero-order valence-corrected chi connectivity index (χ0v) is 19.1. The maximum Gasteiger partial charge on any atom is 0.232 e. The molecule has 0 saturated carbocycles. The van der Waals surface area contributed by atoms with Gasteiger partial charge in [-0.2, -0.15) is 0 Å². The molecule has 5 rings (SSSR count). The highest BCUT2D eigenvalue weighted by molar-refractivity contribution is 9.10. The summed E-state index contributed by atoms with van der Waals surface area (Å²) < 4.78 is 12.8. The summed E-state index contributed by atoms with van der Waals surface area (Å²) in [7, 11) is 0. The van der Waals surface area contributed by atoms with Crippen molar-refractivity contribution in [3.63, 3.8) is 0 Å². The van der Waals surface area contributed by atoms with E-state index in [-0.39, 0.29) is 17.3 Å². The van der Waals surface area contributed by atoms with Gasteiger partial charge in [0.2, 0.25) is 5.78 Å². The molecule has 1 fully saturated rings. The Morgan fingerprint density at radius 2 is 1.94 bits per heavy atom. The molecule has 2 atom stereocenters. The van der Waals surface area contributed by atoms with Crippen LogP contribution in [0.5, 0.6) is 11.5 Å². The second-order valence-electron chi connectivity index (χ2n) is 8.85. The Labute approximate surface area is 189 Å². The molecular formula is C25H24BrNO4. The molecule has 6 heteroatoms. The number of phenols is 1. The molecular weight excluding hydrogens is 458 g/mol. The van der Waals surface area contributed by atoms with Gasteiger partial charge in [-0.25, -0.2) is 0 Å². The molecule has 1 aromatic heterocycles. The summed E-state index contributed by atoms with van der Waals surface area (Å²) in [6, 6.07) is 10.9. The lowest BCUT2D eigenvalue weighted by molar-refractivity contribution is 0.101. The number of ether oxygens (including phenoxy) is 1. The molecule has 3 aromatic rings. The van der Waals surface area contributed by atoms with E-state index in [0.717, 1.165) is 28.5 Å². The van der Waals surface area contributed by atoms with E-state index in [9.17, 15) is 9.90 Å². The van der Waals surface area contributed by atoms with E-state index in [4.69, 9.17) is 9.15 Å². The number of nitrogens with zero attached hydrogens (tertiary/aromatic N) is 1. The number of allylic oxidation sites excluding steroid dienone is 1. The monoisotopic (exact) mass is 481 g/mol. The fourth-order valence-corrected chi connectivity index (χ4v) is 5.21. The fraction of sp³-hybridized carbons (Fsp3) is 0.320. The third-order valence-corrected chi connectivity index (χ3v) is 6.51. The average molecular weight is 482 g/mol. The number of Topliss-reactive ketones (excluding diaryl/α,β-unsaturated/α-hetero) is 1. The van der Waals surface area contributed by atoms with Crippen LogP contribution in [0.15, 0.2) is 51.0 Å². The highest BCUT2D eigenvalue weighted by Gasteiger charge is 2.33. The van der Waals surface area contributed by atoms with E-state index in [1.54, 1.807) is 18.2 Å². The third kappa shape index (κ3) is 3.90. The van der Waals surface area contributed by atoms with Crippen LogP contribution in [-0.4, -0.2) is 28.9 Å². The van der Waals surface area contributed by atoms with Crippen LogP contribution in [0.3, 0.4) is 0 Å². The molecule has 3 heterocycles. The molecule has 160 valence electrons. The van der Waals surface area contributed by atoms with Gasteiger partial charge in [0.25, 0.3) is 0 Å². The standard InChI is InChI=1S/C25H24BrNO4/c1-14-7-15(2)12-27(11-14)13-20-21(28)5-4-19-24(29)23(31-25(19)20)10-18-9-16-8-17(26)3-6-22(16)30-18/h3-6,8-10,14-15,28H,7,11-13H2,1-2H3/b23-10-/t14-,15-/m0/s1. The summed E-state index contributed by atoms with van der Waals surface area (Å²) >= 11 is 3.46. The van der Waals surface area contributed by atoms with Crippen molar-refractivity contribution < 1.29 is 19.1 Å². The lowest BCUT2D eigenvalue weighted by Crippen LogP contribution is -2.38. The van der Waals surface area contributed by atoms with Crippen LogP contribution < -0.4 is 4.74 Å². The Kier molecular flexibility index (Phi) is 5.15. The number of aromatic hydroxyl groups is 1. The van der Waals surface area contributed by atoms with Crippen LogP contribution in [0, 0.1) is 11.8 Å². The first-order valence-electron chi connectivity index (χ1n) is 10.6. The van der Waals surface area contributed by atoms with Crippen molar-refractivity contribution in [2.24, 2.45) is 11.8 Å². The van der Waals surface area contributed by atoms with Gasteiger partial charge >= 0.3 is 0 Å². The van der Waals surface area contributed by atoms with Crippen molar-refractivity contribution in [1.82, 2.24) is 4.90 Å². The summed E-state index contributed by atoms with van der Waals surface area (Å²) in [4.78, 5) is 15.3. The Balaban J connectivity index is 1.46. The van der Waals surface area contributed by atoms with Gasteiger partial charge in [0.1, 0.15) is 22.8 Å². The van der Waals surface area contributed by atoms with Crippen molar-refractivity contribution in [3.8, 4) is 11.5 Å². The number of ketones is 1. The number of carbonyl (C=O) groups excluding carboxylic acids is 1. The van der Waals surface area contributed by atoms with Crippen LogP contribution >= 0.6 is 15.9 Å². The van der Waals surface area contributed by atoms with Crippen LogP contribution in [0.2, 0.25) is 0 Å². The van der Waals surface area contributed by atoms with Crippen molar-refractivity contribution in [1.29, 1.82) is 0 Å².